The smallest absolute Gasteiger partial charge is 0.253 e. The van der Waals surface area contributed by atoms with Crippen molar-refractivity contribution in [2.75, 3.05) is 26.8 Å². The Balaban J connectivity index is 1.72. The van der Waals surface area contributed by atoms with Crippen molar-refractivity contribution < 1.29 is 14.3 Å². The van der Waals surface area contributed by atoms with Gasteiger partial charge in [0.2, 0.25) is 0 Å². The monoisotopic (exact) mass is 316 g/mol. The van der Waals surface area contributed by atoms with E-state index in [-0.39, 0.29) is 11.9 Å². The molecule has 2 aliphatic heterocycles. The van der Waals surface area contributed by atoms with Gasteiger partial charge in [0.15, 0.2) is 0 Å². The van der Waals surface area contributed by atoms with Gasteiger partial charge in [0.05, 0.1) is 12.7 Å². The lowest BCUT2D eigenvalue weighted by molar-refractivity contribution is -0.128. The van der Waals surface area contributed by atoms with Gasteiger partial charge >= 0.3 is 0 Å². The first kappa shape index (κ1) is 15.9. The molecular weight excluding hydrogens is 292 g/mol. The number of nitrogens with zero attached hydrogens (tertiary/aromatic N) is 1. The van der Waals surface area contributed by atoms with Gasteiger partial charge in [-0.25, -0.2) is 0 Å². The molecule has 2 heterocycles. The van der Waals surface area contributed by atoms with Crippen LogP contribution in [-0.2, 0) is 4.79 Å². The lowest BCUT2D eigenvalue weighted by Gasteiger charge is -2.34. The van der Waals surface area contributed by atoms with E-state index < -0.39 is 0 Å². The van der Waals surface area contributed by atoms with E-state index in [4.69, 9.17) is 15.2 Å². The van der Waals surface area contributed by atoms with Gasteiger partial charge in [0.1, 0.15) is 18.1 Å². The van der Waals surface area contributed by atoms with Crippen LogP contribution >= 0.6 is 0 Å². The second-order valence-corrected chi connectivity index (χ2v) is 6.35. The molecule has 3 rings (SSSR count). The van der Waals surface area contributed by atoms with Crippen LogP contribution in [0.15, 0.2) is 23.8 Å². The van der Waals surface area contributed by atoms with E-state index in [1.165, 1.54) is 0 Å². The highest BCUT2D eigenvalue weighted by molar-refractivity contribution is 5.99. The average molecular weight is 316 g/mol. The van der Waals surface area contributed by atoms with Crippen LogP contribution in [0.5, 0.6) is 11.5 Å². The van der Waals surface area contributed by atoms with Crippen LogP contribution in [-0.4, -0.2) is 43.7 Å². The maximum absolute atomic E-state index is 12.7. The van der Waals surface area contributed by atoms with E-state index in [2.05, 4.69) is 0 Å². The third kappa shape index (κ3) is 3.34. The zero-order valence-electron chi connectivity index (χ0n) is 13.7. The summed E-state index contributed by atoms with van der Waals surface area (Å²) in [5.41, 5.74) is 7.56. The number of methoxy groups -OCH3 is 1. The maximum atomic E-state index is 12.7. The van der Waals surface area contributed by atoms with Crippen LogP contribution in [0.1, 0.15) is 25.3 Å². The van der Waals surface area contributed by atoms with Crippen LogP contribution in [0.4, 0.5) is 0 Å². The summed E-state index contributed by atoms with van der Waals surface area (Å²) in [4.78, 5) is 14.6. The summed E-state index contributed by atoms with van der Waals surface area (Å²) in [6.45, 7) is 3.91. The number of hydrogen-bond acceptors (Lipinski definition) is 4. The fraction of sp³-hybridized carbons (Fsp3) is 0.500. The number of likely N-dealkylation sites (tertiary alicyclic amines) is 1. The lowest BCUT2D eigenvalue weighted by Crippen LogP contribution is -2.43. The molecular formula is C18H24N2O3. The van der Waals surface area contributed by atoms with Gasteiger partial charge in [-0.2, -0.15) is 0 Å². The molecule has 1 aromatic rings. The molecule has 0 aliphatic carbocycles. The minimum Gasteiger partial charge on any atom is -0.497 e. The first-order valence-corrected chi connectivity index (χ1v) is 8.14. The second-order valence-electron chi connectivity index (χ2n) is 6.35. The largest absolute Gasteiger partial charge is 0.497 e. The van der Waals surface area contributed by atoms with Crippen LogP contribution in [0.3, 0.4) is 0 Å². The highest BCUT2D eigenvalue weighted by Crippen LogP contribution is 2.31. The predicted octanol–water partition coefficient (Wildman–Crippen LogP) is 2.06. The minimum absolute atomic E-state index is 0.0709. The Morgan fingerprint density at radius 3 is 2.78 bits per heavy atom. The molecule has 0 bridgehead atoms. The number of hydrogen-bond donors (Lipinski definition) is 1. The summed E-state index contributed by atoms with van der Waals surface area (Å²) in [7, 11) is 1.63. The summed E-state index contributed by atoms with van der Waals surface area (Å²) in [6.07, 6.45) is 3.87. The fourth-order valence-corrected chi connectivity index (χ4v) is 3.24. The van der Waals surface area contributed by atoms with Crippen LogP contribution in [0, 0.1) is 5.92 Å². The third-order valence-electron chi connectivity index (χ3n) is 4.77. The predicted molar refractivity (Wildman–Crippen MR) is 89.4 cm³/mol. The normalized spacial score (nSPS) is 19.4. The van der Waals surface area contributed by atoms with Gasteiger partial charge in [0.25, 0.3) is 5.91 Å². The summed E-state index contributed by atoms with van der Waals surface area (Å²) in [5.74, 6) is 2.13. The Kier molecular flexibility index (Phi) is 4.57. The van der Waals surface area contributed by atoms with Gasteiger partial charge in [-0.1, -0.05) is 0 Å². The zero-order chi connectivity index (χ0) is 16.4. The van der Waals surface area contributed by atoms with Gasteiger partial charge in [0, 0.05) is 24.7 Å². The number of rotatable bonds is 3. The molecule has 0 saturated carbocycles. The minimum atomic E-state index is 0.0709. The second kappa shape index (κ2) is 6.62. The molecule has 1 unspecified atom stereocenters. The standard InChI is InChI=1S/C18H24N2O3/c1-12(19)13-5-7-20(8-6-13)18(21)15-9-14-10-16(22-2)3-4-17(14)23-11-15/h3-4,9-10,12-13H,5-8,11,19H2,1-2H3. The van der Waals surface area contributed by atoms with Crippen molar-refractivity contribution in [3.63, 3.8) is 0 Å². The Morgan fingerprint density at radius 2 is 2.13 bits per heavy atom. The van der Waals surface area contributed by atoms with Gasteiger partial charge in [-0.3, -0.25) is 4.79 Å². The van der Waals surface area contributed by atoms with E-state index in [1.807, 2.05) is 36.1 Å². The van der Waals surface area contributed by atoms with Crippen molar-refractivity contribution in [2.24, 2.45) is 11.7 Å². The number of carbonyl (C=O) groups is 1. The van der Waals surface area contributed by atoms with Crippen molar-refractivity contribution in [3.8, 4) is 11.5 Å². The van der Waals surface area contributed by atoms with E-state index >= 15 is 0 Å². The number of nitrogens with two attached hydrogens (primary N) is 1. The molecule has 1 aromatic carbocycles. The van der Waals surface area contributed by atoms with Crippen molar-refractivity contribution in [1.29, 1.82) is 0 Å². The van der Waals surface area contributed by atoms with Crippen molar-refractivity contribution in [3.05, 3.63) is 29.3 Å². The van der Waals surface area contributed by atoms with Crippen LogP contribution < -0.4 is 15.2 Å². The molecule has 1 amide bonds. The van der Waals surface area contributed by atoms with E-state index in [1.54, 1.807) is 7.11 Å². The van der Waals surface area contributed by atoms with Gasteiger partial charge in [-0.05, 0) is 50.0 Å². The van der Waals surface area contributed by atoms with Gasteiger partial charge in [-0.15, -0.1) is 0 Å². The summed E-state index contributed by atoms with van der Waals surface area (Å²) < 4.78 is 11.0. The van der Waals surface area contributed by atoms with Crippen molar-refractivity contribution in [2.45, 2.75) is 25.8 Å². The third-order valence-corrected chi connectivity index (χ3v) is 4.77. The number of piperidine rings is 1. The lowest BCUT2D eigenvalue weighted by atomic mass is 9.90. The number of amides is 1. The quantitative estimate of drug-likeness (QED) is 0.927. The Bertz CT molecular complexity index is 617. The number of benzene rings is 1. The topological polar surface area (TPSA) is 64.8 Å². The zero-order valence-corrected chi connectivity index (χ0v) is 13.7. The van der Waals surface area contributed by atoms with E-state index in [0.717, 1.165) is 43.0 Å². The maximum Gasteiger partial charge on any atom is 0.253 e. The summed E-state index contributed by atoms with van der Waals surface area (Å²) in [6, 6.07) is 5.83. The highest BCUT2D eigenvalue weighted by Gasteiger charge is 2.28. The van der Waals surface area contributed by atoms with Gasteiger partial charge < -0.3 is 20.1 Å². The molecule has 1 fully saturated rings. The Labute approximate surface area is 137 Å². The van der Waals surface area contributed by atoms with E-state index in [0.29, 0.717) is 18.1 Å². The molecule has 1 saturated heterocycles. The molecule has 0 spiro atoms. The molecule has 5 nitrogen and oxygen atoms in total. The Morgan fingerprint density at radius 1 is 1.39 bits per heavy atom. The first-order chi connectivity index (χ1) is 11.1. The molecule has 23 heavy (non-hydrogen) atoms. The number of ether oxygens (including phenoxy) is 2. The van der Waals surface area contributed by atoms with Crippen LogP contribution in [0.2, 0.25) is 0 Å². The molecule has 0 aromatic heterocycles. The van der Waals surface area contributed by atoms with Crippen molar-refractivity contribution >= 4 is 12.0 Å². The molecule has 1 atom stereocenters. The summed E-state index contributed by atoms with van der Waals surface area (Å²) >= 11 is 0. The SMILES string of the molecule is COc1ccc2c(c1)C=C(C(=O)N1CCC(C(C)N)CC1)CO2. The first-order valence-electron chi connectivity index (χ1n) is 8.14. The Hall–Kier alpha value is -2.01. The molecule has 124 valence electrons. The molecule has 2 aliphatic rings. The van der Waals surface area contributed by atoms with Crippen LogP contribution in [0.25, 0.3) is 6.08 Å². The van der Waals surface area contributed by atoms with Crippen molar-refractivity contribution in [1.82, 2.24) is 4.90 Å². The van der Waals surface area contributed by atoms with E-state index in [9.17, 15) is 4.79 Å². The molecule has 2 N–H and O–H groups in total. The number of fused-ring (bicyclic) bond motifs is 1. The average Bonchev–Trinajstić information content (AvgIpc) is 2.60. The molecule has 0 radical (unpaired) electrons. The number of carbonyl (C=O) groups excluding carboxylic acids is 1. The highest BCUT2D eigenvalue weighted by atomic mass is 16.5. The fourth-order valence-electron chi connectivity index (χ4n) is 3.24. The molecule has 5 heteroatoms. The summed E-state index contributed by atoms with van der Waals surface area (Å²) in [5, 5.41) is 0.